The molecule has 0 unspecified atom stereocenters. The fourth-order valence-corrected chi connectivity index (χ4v) is 3.66. The quantitative estimate of drug-likeness (QED) is 0.526. The number of ketones is 1. The fourth-order valence-electron chi connectivity index (χ4n) is 3.66. The zero-order chi connectivity index (χ0) is 22.8. The number of ether oxygens (including phenoxy) is 2. The third-order valence-corrected chi connectivity index (χ3v) is 5.46. The predicted molar refractivity (Wildman–Crippen MR) is 127 cm³/mol. The van der Waals surface area contributed by atoms with Gasteiger partial charge in [-0.1, -0.05) is 29.8 Å². The number of aromatic nitrogens is 1. The van der Waals surface area contributed by atoms with Crippen LogP contribution in [0.4, 0.5) is 11.5 Å². The minimum atomic E-state index is 0.0401. The number of benzene rings is 1. The van der Waals surface area contributed by atoms with Gasteiger partial charge in [-0.25, -0.2) is 4.98 Å². The van der Waals surface area contributed by atoms with Crippen LogP contribution in [0, 0.1) is 12.3 Å². The van der Waals surface area contributed by atoms with Crippen LogP contribution < -0.4 is 10.6 Å². The van der Waals surface area contributed by atoms with E-state index in [1.807, 2.05) is 43.3 Å². The second-order valence-electron chi connectivity index (χ2n) is 7.92. The number of hydrogen-bond donors (Lipinski definition) is 2. The summed E-state index contributed by atoms with van der Waals surface area (Å²) >= 11 is 0. The molecule has 8 nitrogen and oxygen atoms in total. The van der Waals surface area contributed by atoms with E-state index in [0.29, 0.717) is 31.1 Å². The maximum absolute atomic E-state index is 12.5. The maximum Gasteiger partial charge on any atom is 0.182 e. The van der Waals surface area contributed by atoms with Crippen LogP contribution in [0.2, 0.25) is 0 Å². The van der Waals surface area contributed by atoms with E-state index in [1.165, 1.54) is 11.8 Å². The first-order chi connectivity index (χ1) is 15.5. The third-order valence-electron chi connectivity index (χ3n) is 5.46. The minimum Gasteiger partial charge on any atom is -0.384 e. The second-order valence-corrected chi connectivity index (χ2v) is 7.92. The number of carbonyl (C=O) groups excluding carboxylic acids is 1. The molecular formula is C24H33N5O3. The van der Waals surface area contributed by atoms with E-state index >= 15 is 0 Å². The van der Waals surface area contributed by atoms with Gasteiger partial charge < -0.3 is 25.5 Å². The lowest BCUT2D eigenvalue weighted by Gasteiger charge is -2.29. The van der Waals surface area contributed by atoms with Gasteiger partial charge >= 0.3 is 0 Å². The molecule has 8 heteroatoms. The summed E-state index contributed by atoms with van der Waals surface area (Å²) in [7, 11) is 0. The zero-order valence-electron chi connectivity index (χ0n) is 18.8. The van der Waals surface area contributed by atoms with Crippen molar-refractivity contribution in [1.82, 2.24) is 9.88 Å². The highest BCUT2D eigenvalue weighted by molar-refractivity contribution is 5.95. The minimum absolute atomic E-state index is 0.0401. The number of aryl methyl sites for hydroxylation is 1. The summed E-state index contributed by atoms with van der Waals surface area (Å²) in [5.74, 6) is 0.432. The molecule has 2 fully saturated rings. The number of nitrogens with one attached hydrogen (secondary N) is 1. The topological polar surface area (TPSA) is 105 Å². The SMILES string of the molecule is Cc1cccc(C=N)c1.Nc1cc(N2CCOCC2)cc(C(=O)CCN2CCOCC2)n1. The van der Waals surface area contributed by atoms with Crippen molar-refractivity contribution in [2.45, 2.75) is 13.3 Å². The van der Waals surface area contributed by atoms with Gasteiger partial charge in [0.2, 0.25) is 0 Å². The molecule has 0 spiro atoms. The van der Waals surface area contributed by atoms with Crippen molar-refractivity contribution in [3.05, 3.63) is 53.2 Å². The van der Waals surface area contributed by atoms with Gasteiger partial charge in [-0.2, -0.15) is 0 Å². The normalized spacial score (nSPS) is 16.7. The van der Waals surface area contributed by atoms with Gasteiger partial charge in [0.25, 0.3) is 0 Å². The Hall–Kier alpha value is -2.81. The number of pyridine rings is 1. The van der Waals surface area contributed by atoms with Crippen LogP contribution in [0.25, 0.3) is 0 Å². The summed E-state index contributed by atoms with van der Waals surface area (Å²) in [6.45, 7) is 9.03. The molecule has 2 aliphatic heterocycles. The first-order valence-electron chi connectivity index (χ1n) is 11.1. The van der Waals surface area contributed by atoms with Crippen molar-refractivity contribution in [3.63, 3.8) is 0 Å². The number of carbonyl (C=O) groups is 1. The number of rotatable bonds is 6. The lowest BCUT2D eigenvalue weighted by molar-refractivity contribution is 0.0369. The number of hydrogen-bond acceptors (Lipinski definition) is 8. The highest BCUT2D eigenvalue weighted by Gasteiger charge is 2.17. The number of morpholine rings is 2. The molecule has 0 aliphatic carbocycles. The highest BCUT2D eigenvalue weighted by atomic mass is 16.5. The van der Waals surface area contributed by atoms with Gasteiger partial charge in [-0.3, -0.25) is 9.69 Å². The number of anilines is 2. The zero-order valence-corrected chi connectivity index (χ0v) is 18.8. The van der Waals surface area contributed by atoms with E-state index < -0.39 is 0 Å². The second kappa shape index (κ2) is 12.3. The summed E-state index contributed by atoms with van der Waals surface area (Å²) in [5, 5.41) is 6.92. The predicted octanol–water partition coefficient (Wildman–Crippen LogP) is 2.40. The lowest BCUT2D eigenvalue weighted by Crippen LogP contribution is -2.37. The van der Waals surface area contributed by atoms with Crippen molar-refractivity contribution in [3.8, 4) is 0 Å². The molecule has 0 saturated carbocycles. The van der Waals surface area contributed by atoms with E-state index in [1.54, 1.807) is 0 Å². The Morgan fingerprint density at radius 3 is 2.41 bits per heavy atom. The molecule has 3 N–H and O–H groups in total. The number of nitrogens with two attached hydrogens (primary N) is 1. The van der Waals surface area contributed by atoms with Crippen LogP contribution in [-0.4, -0.2) is 81.0 Å². The van der Waals surface area contributed by atoms with Crippen molar-refractivity contribution in [2.75, 3.05) is 69.8 Å². The molecule has 4 rings (SSSR count). The Morgan fingerprint density at radius 2 is 1.78 bits per heavy atom. The molecule has 2 aromatic rings. The Morgan fingerprint density at radius 1 is 1.09 bits per heavy atom. The average Bonchev–Trinajstić information content (AvgIpc) is 2.83. The molecule has 32 heavy (non-hydrogen) atoms. The third kappa shape index (κ3) is 7.40. The monoisotopic (exact) mass is 439 g/mol. The summed E-state index contributed by atoms with van der Waals surface area (Å²) < 4.78 is 10.7. The molecule has 3 heterocycles. The summed E-state index contributed by atoms with van der Waals surface area (Å²) in [6, 6.07) is 11.5. The lowest BCUT2D eigenvalue weighted by atomic mass is 10.1. The van der Waals surface area contributed by atoms with Crippen molar-refractivity contribution in [1.29, 1.82) is 5.41 Å². The molecule has 0 bridgehead atoms. The van der Waals surface area contributed by atoms with Gasteiger partial charge in [0.1, 0.15) is 11.5 Å². The van der Waals surface area contributed by atoms with E-state index in [2.05, 4.69) is 14.8 Å². The van der Waals surface area contributed by atoms with Gasteiger partial charge in [0.05, 0.1) is 26.4 Å². The van der Waals surface area contributed by atoms with Crippen LogP contribution >= 0.6 is 0 Å². The molecule has 1 aromatic heterocycles. The van der Waals surface area contributed by atoms with Gasteiger partial charge in [0, 0.05) is 57.1 Å². The Bertz CT molecular complexity index is 893. The van der Waals surface area contributed by atoms with Crippen molar-refractivity contribution >= 4 is 23.5 Å². The maximum atomic E-state index is 12.5. The van der Waals surface area contributed by atoms with E-state index in [9.17, 15) is 4.79 Å². The number of nitrogen functional groups attached to an aromatic ring is 1. The van der Waals surface area contributed by atoms with Crippen LogP contribution in [0.3, 0.4) is 0 Å². The Kier molecular flexibility index (Phi) is 9.15. The highest BCUT2D eigenvalue weighted by Crippen LogP contribution is 2.20. The molecule has 0 radical (unpaired) electrons. The van der Waals surface area contributed by atoms with Crippen LogP contribution in [0.1, 0.15) is 28.0 Å². The van der Waals surface area contributed by atoms with Crippen molar-refractivity contribution < 1.29 is 14.3 Å². The number of nitrogens with zero attached hydrogens (tertiary/aromatic N) is 3. The summed E-state index contributed by atoms with van der Waals surface area (Å²) in [4.78, 5) is 21.1. The van der Waals surface area contributed by atoms with Crippen molar-refractivity contribution in [2.24, 2.45) is 0 Å². The Balaban J connectivity index is 0.000000269. The van der Waals surface area contributed by atoms with Crippen LogP contribution in [0.5, 0.6) is 0 Å². The van der Waals surface area contributed by atoms with Gasteiger partial charge in [-0.05, 0) is 18.6 Å². The van der Waals surface area contributed by atoms with Crippen LogP contribution in [0.15, 0.2) is 36.4 Å². The average molecular weight is 440 g/mol. The van der Waals surface area contributed by atoms with Crippen LogP contribution in [-0.2, 0) is 9.47 Å². The molecule has 0 atom stereocenters. The van der Waals surface area contributed by atoms with E-state index in [-0.39, 0.29) is 5.78 Å². The summed E-state index contributed by atoms with van der Waals surface area (Å²) in [6.07, 6.45) is 1.81. The molecule has 2 aliphatic rings. The fraction of sp³-hybridized carbons (Fsp3) is 0.458. The first kappa shape index (κ1) is 23.8. The molecule has 172 valence electrons. The molecule has 0 amide bonds. The summed E-state index contributed by atoms with van der Waals surface area (Å²) in [5.41, 5.74) is 9.48. The first-order valence-corrected chi connectivity index (χ1v) is 11.1. The standard InChI is InChI=1S/C16H24N4O3.C8H9N/c17-16-12-13(20-5-9-23-10-6-20)11-14(18-16)15(21)1-2-19-3-7-22-8-4-19;1-7-3-2-4-8(5-7)6-9/h11-12H,1-10H2,(H2,17,18);2-6,9H,1H3. The Labute approximate surface area is 189 Å². The van der Waals surface area contributed by atoms with Gasteiger partial charge in [0.15, 0.2) is 5.78 Å². The van der Waals surface area contributed by atoms with Gasteiger partial charge in [-0.15, -0.1) is 0 Å². The molecule has 2 saturated heterocycles. The number of Topliss-reactive ketones (excluding diaryl/α,β-unsaturated/α-hetero) is 1. The van der Waals surface area contributed by atoms with E-state index in [4.69, 9.17) is 20.6 Å². The smallest absolute Gasteiger partial charge is 0.182 e. The molecule has 1 aromatic carbocycles. The largest absolute Gasteiger partial charge is 0.384 e. The molecular weight excluding hydrogens is 406 g/mol. The van der Waals surface area contributed by atoms with E-state index in [0.717, 1.165) is 57.2 Å².